The first-order valence-corrected chi connectivity index (χ1v) is 4.67. The van der Waals surface area contributed by atoms with Crippen molar-refractivity contribution in [2.75, 3.05) is 20.7 Å². The Balaban J connectivity index is 3.04. The Labute approximate surface area is 89.1 Å². The summed E-state index contributed by atoms with van der Waals surface area (Å²) >= 11 is 0. The van der Waals surface area contributed by atoms with Crippen LogP contribution >= 0.6 is 0 Å². The molecule has 0 aliphatic rings. The van der Waals surface area contributed by atoms with E-state index >= 15 is 0 Å². The highest BCUT2D eigenvalue weighted by molar-refractivity contribution is 5.54. The van der Waals surface area contributed by atoms with Gasteiger partial charge in [-0.3, -0.25) is 0 Å². The van der Waals surface area contributed by atoms with E-state index in [4.69, 9.17) is 10.00 Å². The lowest BCUT2D eigenvalue weighted by Crippen LogP contribution is -2.10. The lowest BCUT2D eigenvalue weighted by atomic mass is 10.1. The molecule has 4 nitrogen and oxygen atoms in total. The van der Waals surface area contributed by atoms with E-state index in [9.17, 15) is 5.11 Å². The number of methoxy groups -OCH3 is 1. The second-order valence-electron chi connectivity index (χ2n) is 3.16. The van der Waals surface area contributed by atoms with Gasteiger partial charge in [-0.05, 0) is 37.7 Å². The molecule has 15 heavy (non-hydrogen) atoms. The third kappa shape index (κ3) is 2.61. The van der Waals surface area contributed by atoms with E-state index in [0.717, 1.165) is 18.5 Å². The summed E-state index contributed by atoms with van der Waals surface area (Å²) < 4.78 is 4.94. The number of likely N-dealkylation sites (N-methyl/N-ethyl adjacent to an activating group) is 1. The number of phenols is 1. The molecule has 0 amide bonds. The maximum atomic E-state index is 9.61. The van der Waals surface area contributed by atoms with Crippen molar-refractivity contribution in [2.24, 2.45) is 0 Å². The van der Waals surface area contributed by atoms with Crippen molar-refractivity contribution in [3.63, 3.8) is 0 Å². The van der Waals surface area contributed by atoms with Crippen LogP contribution in [0.5, 0.6) is 11.5 Å². The Morgan fingerprint density at radius 1 is 1.53 bits per heavy atom. The van der Waals surface area contributed by atoms with Crippen LogP contribution in [0, 0.1) is 11.3 Å². The van der Waals surface area contributed by atoms with Crippen LogP contribution in [0.25, 0.3) is 0 Å². The molecule has 1 aromatic carbocycles. The van der Waals surface area contributed by atoms with Crippen LogP contribution < -0.4 is 10.1 Å². The minimum atomic E-state index is 0.0163. The number of hydrogen-bond acceptors (Lipinski definition) is 4. The van der Waals surface area contributed by atoms with Gasteiger partial charge in [-0.2, -0.15) is 5.26 Å². The number of rotatable bonds is 4. The number of benzene rings is 1. The fraction of sp³-hybridized carbons (Fsp3) is 0.364. The zero-order valence-electron chi connectivity index (χ0n) is 8.87. The fourth-order valence-corrected chi connectivity index (χ4v) is 1.38. The summed E-state index contributed by atoms with van der Waals surface area (Å²) in [6, 6.07) is 5.35. The van der Waals surface area contributed by atoms with E-state index in [-0.39, 0.29) is 11.5 Å². The molecule has 0 radical (unpaired) electrons. The fourth-order valence-electron chi connectivity index (χ4n) is 1.38. The molecule has 1 aromatic rings. The molecule has 80 valence electrons. The highest BCUT2D eigenvalue weighted by atomic mass is 16.5. The van der Waals surface area contributed by atoms with Crippen molar-refractivity contribution >= 4 is 0 Å². The summed E-state index contributed by atoms with van der Waals surface area (Å²) in [7, 11) is 3.29. The quantitative estimate of drug-likeness (QED) is 0.772. The Kier molecular flexibility index (Phi) is 3.95. The lowest BCUT2D eigenvalue weighted by molar-refractivity contribution is 0.372. The average molecular weight is 206 g/mol. The molecule has 0 aromatic heterocycles. The van der Waals surface area contributed by atoms with Crippen molar-refractivity contribution in [3.05, 3.63) is 23.3 Å². The van der Waals surface area contributed by atoms with Gasteiger partial charge in [0.25, 0.3) is 0 Å². The maximum Gasteiger partial charge on any atom is 0.178 e. The SMILES string of the molecule is CNCCc1cc(O)c(OC)c(C#N)c1. The summed E-state index contributed by atoms with van der Waals surface area (Å²) in [5.74, 6) is 0.258. The maximum absolute atomic E-state index is 9.61. The average Bonchev–Trinajstić information content (AvgIpc) is 2.25. The van der Waals surface area contributed by atoms with Gasteiger partial charge in [0.15, 0.2) is 11.5 Å². The molecule has 0 spiro atoms. The van der Waals surface area contributed by atoms with E-state index in [1.54, 1.807) is 12.1 Å². The van der Waals surface area contributed by atoms with Gasteiger partial charge < -0.3 is 15.2 Å². The van der Waals surface area contributed by atoms with Crippen LogP contribution in [0.3, 0.4) is 0 Å². The number of phenolic OH excluding ortho intramolecular Hbond substituents is 1. The molecule has 0 aliphatic heterocycles. The van der Waals surface area contributed by atoms with E-state index < -0.39 is 0 Å². The topological polar surface area (TPSA) is 65.3 Å². The first kappa shape index (κ1) is 11.3. The summed E-state index contributed by atoms with van der Waals surface area (Å²) in [5.41, 5.74) is 1.28. The minimum Gasteiger partial charge on any atom is -0.504 e. The summed E-state index contributed by atoms with van der Waals surface area (Å²) in [4.78, 5) is 0. The molecule has 0 fully saturated rings. The molecule has 0 heterocycles. The van der Waals surface area contributed by atoms with Crippen LogP contribution in [0.15, 0.2) is 12.1 Å². The number of hydrogen-bond donors (Lipinski definition) is 2. The molecule has 0 saturated carbocycles. The van der Waals surface area contributed by atoms with Crippen LogP contribution in [0.2, 0.25) is 0 Å². The van der Waals surface area contributed by atoms with Gasteiger partial charge in [-0.1, -0.05) is 0 Å². The van der Waals surface area contributed by atoms with Gasteiger partial charge in [-0.15, -0.1) is 0 Å². The van der Waals surface area contributed by atoms with Crippen molar-refractivity contribution in [1.82, 2.24) is 5.32 Å². The monoisotopic (exact) mass is 206 g/mol. The zero-order valence-corrected chi connectivity index (χ0v) is 8.87. The second-order valence-corrected chi connectivity index (χ2v) is 3.16. The molecule has 2 N–H and O–H groups in total. The predicted octanol–water partition coefficient (Wildman–Crippen LogP) is 1.03. The van der Waals surface area contributed by atoms with Crippen LogP contribution in [-0.4, -0.2) is 25.8 Å². The van der Waals surface area contributed by atoms with Gasteiger partial charge >= 0.3 is 0 Å². The Morgan fingerprint density at radius 3 is 2.80 bits per heavy atom. The first-order chi connectivity index (χ1) is 7.22. The van der Waals surface area contributed by atoms with Crippen LogP contribution in [0.4, 0.5) is 0 Å². The van der Waals surface area contributed by atoms with Crippen LogP contribution in [0.1, 0.15) is 11.1 Å². The molecule has 4 heteroatoms. The molecule has 0 bridgehead atoms. The van der Waals surface area contributed by atoms with Gasteiger partial charge in [0.2, 0.25) is 0 Å². The number of ether oxygens (including phenoxy) is 1. The molecular weight excluding hydrogens is 192 g/mol. The minimum absolute atomic E-state index is 0.0163. The summed E-state index contributed by atoms with van der Waals surface area (Å²) in [5, 5.41) is 21.5. The molecule has 0 atom stereocenters. The first-order valence-electron chi connectivity index (χ1n) is 4.67. The van der Waals surface area contributed by atoms with Crippen molar-refractivity contribution < 1.29 is 9.84 Å². The Morgan fingerprint density at radius 2 is 2.27 bits per heavy atom. The largest absolute Gasteiger partial charge is 0.504 e. The number of aromatic hydroxyl groups is 1. The lowest BCUT2D eigenvalue weighted by Gasteiger charge is -2.08. The molecule has 0 saturated heterocycles. The Hall–Kier alpha value is -1.73. The van der Waals surface area contributed by atoms with Crippen molar-refractivity contribution in [3.8, 4) is 17.6 Å². The zero-order chi connectivity index (χ0) is 11.3. The van der Waals surface area contributed by atoms with Gasteiger partial charge in [0.1, 0.15) is 6.07 Å². The van der Waals surface area contributed by atoms with Crippen molar-refractivity contribution in [2.45, 2.75) is 6.42 Å². The van der Waals surface area contributed by atoms with E-state index in [1.807, 2.05) is 13.1 Å². The normalized spacial score (nSPS) is 9.67. The summed E-state index contributed by atoms with van der Waals surface area (Å²) in [6.45, 7) is 0.802. The van der Waals surface area contributed by atoms with Gasteiger partial charge in [0, 0.05) is 0 Å². The molecule has 0 unspecified atom stereocenters. The Bertz CT molecular complexity index is 383. The van der Waals surface area contributed by atoms with E-state index in [2.05, 4.69) is 5.32 Å². The van der Waals surface area contributed by atoms with E-state index in [0.29, 0.717) is 5.56 Å². The van der Waals surface area contributed by atoms with Crippen LogP contribution in [-0.2, 0) is 6.42 Å². The molecule has 1 rings (SSSR count). The number of nitrogens with one attached hydrogen (secondary N) is 1. The number of nitrogens with zero attached hydrogens (tertiary/aromatic N) is 1. The van der Waals surface area contributed by atoms with Gasteiger partial charge in [-0.25, -0.2) is 0 Å². The third-order valence-corrected chi connectivity index (χ3v) is 2.12. The second kappa shape index (κ2) is 5.23. The highest BCUT2D eigenvalue weighted by Crippen LogP contribution is 2.31. The molecule has 0 aliphatic carbocycles. The molecular formula is C11H14N2O2. The number of nitriles is 1. The van der Waals surface area contributed by atoms with Gasteiger partial charge in [0.05, 0.1) is 12.7 Å². The third-order valence-electron chi connectivity index (χ3n) is 2.12. The van der Waals surface area contributed by atoms with Crippen molar-refractivity contribution in [1.29, 1.82) is 5.26 Å². The standard InChI is InChI=1S/C11H14N2O2/c1-13-4-3-8-5-9(7-12)11(15-2)10(14)6-8/h5-6,13-14H,3-4H2,1-2H3. The predicted molar refractivity (Wildman–Crippen MR) is 57.0 cm³/mol. The smallest absolute Gasteiger partial charge is 0.178 e. The van der Waals surface area contributed by atoms with E-state index in [1.165, 1.54) is 7.11 Å². The summed E-state index contributed by atoms with van der Waals surface area (Å²) in [6.07, 6.45) is 0.767. The highest BCUT2D eigenvalue weighted by Gasteiger charge is 2.10.